The number of hydrogen-bond acceptors (Lipinski definition) is 4. The fraction of sp³-hybridized carbons (Fsp3) is 0.412. The molecule has 128 valence electrons. The highest BCUT2D eigenvalue weighted by Crippen LogP contribution is 2.23. The van der Waals surface area contributed by atoms with Gasteiger partial charge in [0.2, 0.25) is 11.8 Å². The number of carbonyl (C=O) groups is 2. The number of carbonyl (C=O) groups excluding carboxylic acids is 2. The number of rotatable bonds is 5. The van der Waals surface area contributed by atoms with Gasteiger partial charge in [0.25, 0.3) is 0 Å². The van der Waals surface area contributed by atoms with Crippen LogP contribution in [-0.4, -0.2) is 45.5 Å². The number of nitrogens with zero attached hydrogens (tertiary/aromatic N) is 3. The van der Waals surface area contributed by atoms with E-state index in [0.717, 1.165) is 22.5 Å². The van der Waals surface area contributed by atoms with Crippen molar-refractivity contribution in [2.45, 2.75) is 33.6 Å². The Bertz CT molecular complexity index is 716. The molecule has 0 fully saturated rings. The predicted octanol–water partition coefficient (Wildman–Crippen LogP) is 1.93. The monoisotopic (exact) mass is 329 g/mol. The first kappa shape index (κ1) is 17.7. The average Bonchev–Trinajstić information content (AvgIpc) is 2.87. The molecule has 2 heterocycles. The number of amides is 2. The van der Waals surface area contributed by atoms with Gasteiger partial charge in [0.05, 0.1) is 18.2 Å². The highest BCUT2D eigenvalue weighted by Gasteiger charge is 2.25. The smallest absolute Gasteiger partial charge is 0.245 e. The Kier molecular flexibility index (Phi) is 5.33. The van der Waals surface area contributed by atoms with E-state index >= 15 is 0 Å². The third-order valence-electron chi connectivity index (χ3n) is 3.92. The maximum Gasteiger partial charge on any atom is 0.245 e. The van der Waals surface area contributed by atoms with Crippen molar-refractivity contribution in [2.24, 2.45) is 0 Å². The Hall–Kier alpha value is -2.70. The van der Waals surface area contributed by atoms with Crippen molar-refractivity contribution >= 4 is 17.6 Å². The summed E-state index contributed by atoms with van der Waals surface area (Å²) in [6.45, 7) is 7.46. The Morgan fingerprint density at radius 1 is 1.29 bits per heavy atom. The lowest BCUT2D eigenvalue weighted by molar-refractivity contribution is -0.134. The van der Waals surface area contributed by atoms with Crippen molar-refractivity contribution in [1.29, 1.82) is 0 Å². The SMILES string of the molecule is Cc1ccc(NC(=O)CN(C)C(=O)[C@@H](C)c2c(C)n[nH]c2C)nc1. The van der Waals surface area contributed by atoms with Crippen molar-refractivity contribution in [1.82, 2.24) is 20.1 Å². The molecule has 2 amide bonds. The van der Waals surface area contributed by atoms with Gasteiger partial charge in [0.1, 0.15) is 5.82 Å². The van der Waals surface area contributed by atoms with Crippen molar-refractivity contribution < 1.29 is 9.59 Å². The first-order chi connectivity index (χ1) is 11.3. The normalized spacial score (nSPS) is 11.9. The molecule has 0 bridgehead atoms. The summed E-state index contributed by atoms with van der Waals surface area (Å²) in [6.07, 6.45) is 1.68. The van der Waals surface area contributed by atoms with Crippen LogP contribution in [0.4, 0.5) is 5.82 Å². The number of hydrogen-bond donors (Lipinski definition) is 2. The second-order valence-electron chi connectivity index (χ2n) is 6.03. The van der Waals surface area contributed by atoms with Crippen LogP contribution in [0.5, 0.6) is 0 Å². The minimum atomic E-state index is -0.362. The first-order valence-corrected chi connectivity index (χ1v) is 7.78. The van der Waals surface area contributed by atoms with Crippen LogP contribution in [0.1, 0.15) is 35.4 Å². The van der Waals surface area contributed by atoms with Crippen molar-refractivity contribution in [2.75, 3.05) is 18.9 Å². The summed E-state index contributed by atoms with van der Waals surface area (Å²) in [4.78, 5) is 30.2. The molecular weight excluding hydrogens is 306 g/mol. The largest absolute Gasteiger partial charge is 0.336 e. The number of pyridine rings is 1. The number of likely N-dealkylation sites (N-methyl/N-ethyl adjacent to an activating group) is 1. The van der Waals surface area contributed by atoms with Gasteiger partial charge in [0.15, 0.2) is 0 Å². The molecule has 0 aliphatic rings. The Balaban J connectivity index is 1.98. The van der Waals surface area contributed by atoms with Crippen LogP contribution in [0, 0.1) is 20.8 Å². The van der Waals surface area contributed by atoms with E-state index in [1.807, 2.05) is 33.8 Å². The number of anilines is 1. The van der Waals surface area contributed by atoms with Gasteiger partial charge >= 0.3 is 0 Å². The van der Waals surface area contributed by atoms with Gasteiger partial charge in [-0.25, -0.2) is 4.98 Å². The van der Waals surface area contributed by atoms with E-state index in [-0.39, 0.29) is 24.3 Å². The molecule has 1 atom stereocenters. The molecule has 24 heavy (non-hydrogen) atoms. The van der Waals surface area contributed by atoms with E-state index in [1.54, 1.807) is 19.3 Å². The van der Waals surface area contributed by atoms with Gasteiger partial charge in [-0.2, -0.15) is 5.10 Å². The number of aryl methyl sites for hydroxylation is 3. The van der Waals surface area contributed by atoms with Gasteiger partial charge in [-0.3, -0.25) is 14.7 Å². The Morgan fingerprint density at radius 2 is 2.00 bits per heavy atom. The third-order valence-corrected chi connectivity index (χ3v) is 3.92. The van der Waals surface area contributed by atoms with Crippen molar-refractivity contribution in [3.63, 3.8) is 0 Å². The lowest BCUT2D eigenvalue weighted by atomic mass is 9.98. The molecule has 0 aliphatic heterocycles. The van der Waals surface area contributed by atoms with Gasteiger partial charge < -0.3 is 10.2 Å². The second-order valence-corrected chi connectivity index (χ2v) is 6.03. The Labute approximate surface area is 141 Å². The minimum absolute atomic E-state index is 0.0331. The van der Waals surface area contributed by atoms with Gasteiger partial charge in [-0.05, 0) is 39.3 Å². The number of aromatic amines is 1. The summed E-state index contributed by atoms with van der Waals surface area (Å²) >= 11 is 0. The summed E-state index contributed by atoms with van der Waals surface area (Å²) in [6, 6.07) is 3.60. The standard InChI is InChI=1S/C17H23N5O2/c1-10-6-7-14(18-8-10)19-15(23)9-22(5)17(24)11(2)16-12(3)20-21-13(16)4/h6-8,11H,9H2,1-5H3,(H,20,21)(H,18,19,23)/t11-/m0/s1. The zero-order valence-electron chi connectivity index (χ0n) is 14.7. The fourth-order valence-electron chi connectivity index (χ4n) is 2.67. The topological polar surface area (TPSA) is 91.0 Å². The molecule has 0 saturated heterocycles. The molecule has 0 saturated carbocycles. The maximum atomic E-state index is 12.6. The van der Waals surface area contributed by atoms with E-state index in [2.05, 4.69) is 20.5 Å². The lowest BCUT2D eigenvalue weighted by Crippen LogP contribution is -2.37. The van der Waals surface area contributed by atoms with E-state index in [0.29, 0.717) is 5.82 Å². The average molecular weight is 329 g/mol. The molecule has 0 aromatic carbocycles. The summed E-state index contributed by atoms with van der Waals surface area (Å²) in [5, 5.41) is 9.69. The van der Waals surface area contributed by atoms with E-state index < -0.39 is 0 Å². The molecule has 7 nitrogen and oxygen atoms in total. The highest BCUT2D eigenvalue weighted by molar-refractivity contribution is 5.94. The minimum Gasteiger partial charge on any atom is -0.336 e. The summed E-state index contributed by atoms with van der Waals surface area (Å²) in [5.41, 5.74) is 3.57. The van der Waals surface area contributed by atoms with Crippen LogP contribution in [0.3, 0.4) is 0 Å². The molecule has 2 aromatic heterocycles. The summed E-state index contributed by atoms with van der Waals surface area (Å²) in [5.74, 6) is -0.301. The number of nitrogens with one attached hydrogen (secondary N) is 2. The molecular formula is C17H23N5O2. The van der Waals surface area contributed by atoms with E-state index in [9.17, 15) is 9.59 Å². The first-order valence-electron chi connectivity index (χ1n) is 7.78. The quantitative estimate of drug-likeness (QED) is 0.877. The van der Waals surface area contributed by atoms with Crippen molar-refractivity contribution in [3.8, 4) is 0 Å². The summed E-state index contributed by atoms with van der Waals surface area (Å²) in [7, 11) is 1.62. The zero-order chi connectivity index (χ0) is 17.9. The third kappa shape index (κ3) is 3.98. The zero-order valence-corrected chi connectivity index (χ0v) is 14.7. The molecule has 2 rings (SSSR count). The van der Waals surface area contributed by atoms with Crippen LogP contribution in [-0.2, 0) is 9.59 Å². The molecule has 7 heteroatoms. The molecule has 0 aliphatic carbocycles. The van der Waals surface area contributed by atoms with Crippen molar-refractivity contribution in [3.05, 3.63) is 40.8 Å². The van der Waals surface area contributed by atoms with Crippen LogP contribution >= 0.6 is 0 Å². The molecule has 0 unspecified atom stereocenters. The Morgan fingerprint density at radius 3 is 2.54 bits per heavy atom. The molecule has 2 N–H and O–H groups in total. The summed E-state index contributed by atoms with van der Waals surface area (Å²) < 4.78 is 0. The van der Waals surface area contributed by atoms with Crippen LogP contribution in [0.15, 0.2) is 18.3 Å². The second kappa shape index (κ2) is 7.25. The molecule has 2 aromatic rings. The van der Waals surface area contributed by atoms with Gasteiger partial charge in [-0.15, -0.1) is 0 Å². The fourth-order valence-corrected chi connectivity index (χ4v) is 2.67. The van der Waals surface area contributed by atoms with Gasteiger partial charge in [0, 0.05) is 24.5 Å². The predicted molar refractivity (Wildman–Crippen MR) is 91.7 cm³/mol. The van der Waals surface area contributed by atoms with Crippen LogP contribution < -0.4 is 5.32 Å². The maximum absolute atomic E-state index is 12.6. The van der Waals surface area contributed by atoms with Gasteiger partial charge in [-0.1, -0.05) is 6.07 Å². The number of H-pyrrole nitrogens is 1. The van der Waals surface area contributed by atoms with E-state index in [1.165, 1.54) is 4.90 Å². The molecule has 0 radical (unpaired) electrons. The van der Waals surface area contributed by atoms with E-state index in [4.69, 9.17) is 0 Å². The lowest BCUT2D eigenvalue weighted by Gasteiger charge is -2.21. The molecule has 0 spiro atoms. The highest BCUT2D eigenvalue weighted by atomic mass is 16.2. The van der Waals surface area contributed by atoms with Crippen LogP contribution in [0.25, 0.3) is 0 Å². The number of aromatic nitrogens is 3. The van der Waals surface area contributed by atoms with Crippen LogP contribution in [0.2, 0.25) is 0 Å².